The van der Waals surface area contributed by atoms with E-state index in [9.17, 15) is 9.59 Å². The summed E-state index contributed by atoms with van der Waals surface area (Å²) in [7, 11) is 0. The second-order valence-corrected chi connectivity index (χ2v) is 10.4. The summed E-state index contributed by atoms with van der Waals surface area (Å²) >= 11 is 16.7. The molecule has 1 heterocycles. The molecule has 1 aromatic heterocycles. The molecule has 0 aliphatic heterocycles. The zero-order valence-electron chi connectivity index (χ0n) is 14.3. The van der Waals surface area contributed by atoms with E-state index in [1.165, 1.54) is 18.7 Å². The number of carbonyl (C=O) groups excluding carboxylic acids is 2. The number of carbonyl (C=O) groups is 2. The Balaban J connectivity index is 1.67. The third-order valence-corrected chi connectivity index (χ3v) is 8.12. The number of hydrogen-bond acceptors (Lipinski definition) is 5. The molecule has 0 radical (unpaired) electrons. The molecule has 3 rings (SSSR count). The first-order valence-corrected chi connectivity index (χ1v) is 12.0. The predicted octanol–water partition coefficient (Wildman–Crippen LogP) is 5.20. The first-order chi connectivity index (χ1) is 13.3. The van der Waals surface area contributed by atoms with Gasteiger partial charge in [0, 0.05) is 0 Å². The van der Waals surface area contributed by atoms with Crippen LogP contribution < -0.4 is 5.32 Å². The van der Waals surface area contributed by atoms with Gasteiger partial charge in [-0.15, -0.1) is 0 Å². The molecule has 1 amide bonds. The van der Waals surface area contributed by atoms with Gasteiger partial charge in [-0.2, -0.15) is 0 Å². The van der Waals surface area contributed by atoms with Crippen molar-refractivity contribution in [2.24, 2.45) is 0 Å². The number of aromatic nitrogens is 2. The van der Waals surface area contributed by atoms with Gasteiger partial charge >= 0.3 is 191 Å². The molecule has 28 heavy (non-hydrogen) atoms. The SMILES string of the molecule is CC(=O)c1ccc(NC(=O)CSc2[se]nnc2-c2ccc(Cl)c(Cl)c2)c(Br)c1. The summed E-state index contributed by atoms with van der Waals surface area (Å²) in [5.74, 6) is 0.0187. The molecule has 0 saturated heterocycles. The minimum absolute atomic E-state index is 0.0353. The zero-order chi connectivity index (χ0) is 20.3. The van der Waals surface area contributed by atoms with Gasteiger partial charge < -0.3 is 0 Å². The fourth-order valence-corrected chi connectivity index (χ4v) is 5.51. The van der Waals surface area contributed by atoms with Crippen molar-refractivity contribution in [3.05, 3.63) is 56.5 Å². The van der Waals surface area contributed by atoms with Gasteiger partial charge in [-0.3, -0.25) is 0 Å². The average Bonchev–Trinajstić information content (AvgIpc) is 3.12. The summed E-state index contributed by atoms with van der Waals surface area (Å²) in [6, 6.07) is 10.4. The normalized spacial score (nSPS) is 10.7. The minimum atomic E-state index is -0.171. The average molecular weight is 564 g/mol. The predicted molar refractivity (Wildman–Crippen MR) is 118 cm³/mol. The van der Waals surface area contributed by atoms with Crippen molar-refractivity contribution in [1.29, 1.82) is 0 Å². The van der Waals surface area contributed by atoms with E-state index in [0.29, 0.717) is 25.8 Å². The van der Waals surface area contributed by atoms with Crippen LogP contribution in [-0.4, -0.2) is 41.4 Å². The molecule has 0 aliphatic carbocycles. The van der Waals surface area contributed by atoms with Crippen molar-refractivity contribution in [3.8, 4) is 11.3 Å². The number of benzene rings is 2. The van der Waals surface area contributed by atoms with E-state index < -0.39 is 0 Å². The van der Waals surface area contributed by atoms with Gasteiger partial charge in [0.2, 0.25) is 0 Å². The molecule has 0 atom stereocenters. The maximum atomic E-state index is 12.3. The van der Waals surface area contributed by atoms with Crippen molar-refractivity contribution in [3.63, 3.8) is 0 Å². The molecule has 1 N–H and O–H groups in total. The number of Topliss-reactive ketones (excluding diaryl/α,β-unsaturated/α-hetero) is 1. The van der Waals surface area contributed by atoms with Crippen molar-refractivity contribution in [1.82, 2.24) is 9.19 Å². The third-order valence-electron chi connectivity index (χ3n) is 3.64. The molecule has 0 saturated carbocycles. The topological polar surface area (TPSA) is 72.0 Å². The number of amides is 1. The number of nitrogens with one attached hydrogen (secondary N) is 1. The molecule has 2 aromatic carbocycles. The van der Waals surface area contributed by atoms with Crippen LogP contribution in [0.3, 0.4) is 0 Å². The van der Waals surface area contributed by atoms with Gasteiger partial charge in [-0.05, 0) is 0 Å². The molecule has 144 valence electrons. The fraction of sp³-hybridized carbons (Fsp3) is 0.111. The Morgan fingerprint density at radius 1 is 1.18 bits per heavy atom. The van der Waals surface area contributed by atoms with E-state index in [4.69, 9.17) is 23.2 Å². The molecule has 0 aliphatic rings. The van der Waals surface area contributed by atoms with E-state index in [1.807, 2.05) is 6.07 Å². The first kappa shape index (κ1) is 21.6. The van der Waals surface area contributed by atoms with Crippen molar-refractivity contribution in [2.75, 3.05) is 11.1 Å². The molecular weight excluding hydrogens is 552 g/mol. The summed E-state index contributed by atoms with van der Waals surface area (Å²) in [6.07, 6.45) is 0. The first-order valence-electron chi connectivity index (χ1n) is 7.86. The van der Waals surface area contributed by atoms with E-state index in [2.05, 4.69) is 30.4 Å². The van der Waals surface area contributed by atoms with Gasteiger partial charge in [0.25, 0.3) is 0 Å². The van der Waals surface area contributed by atoms with Crippen LogP contribution in [0, 0.1) is 0 Å². The number of thioether (sulfide) groups is 1. The van der Waals surface area contributed by atoms with Crippen LogP contribution in [0.1, 0.15) is 17.3 Å². The summed E-state index contributed by atoms with van der Waals surface area (Å²) in [5, 5.41) is 7.96. The van der Waals surface area contributed by atoms with Crippen LogP contribution in [0.15, 0.2) is 44.6 Å². The van der Waals surface area contributed by atoms with Crippen LogP contribution in [0.25, 0.3) is 11.3 Å². The fourth-order valence-electron chi connectivity index (χ4n) is 2.25. The summed E-state index contributed by atoms with van der Waals surface area (Å²) in [6.45, 7) is 1.50. The van der Waals surface area contributed by atoms with E-state index >= 15 is 0 Å². The Morgan fingerprint density at radius 3 is 2.64 bits per heavy atom. The van der Waals surface area contributed by atoms with Gasteiger partial charge in [-0.25, -0.2) is 0 Å². The Morgan fingerprint density at radius 2 is 1.96 bits per heavy atom. The van der Waals surface area contributed by atoms with Crippen molar-refractivity contribution < 1.29 is 9.59 Å². The summed E-state index contributed by atoms with van der Waals surface area (Å²) < 4.78 is 5.73. The number of nitrogens with zero attached hydrogens (tertiary/aromatic N) is 2. The summed E-state index contributed by atoms with van der Waals surface area (Å²) in [5.41, 5.74) is 2.74. The van der Waals surface area contributed by atoms with E-state index in [1.54, 1.807) is 30.3 Å². The summed E-state index contributed by atoms with van der Waals surface area (Å²) in [4.78, 5) is 23.8. The van der Waals surface area contributed by atoms with Crippen LogP contribution in [0.4, 0.5) is 5.69 Å². The van der Waals surface area contributed by atoms with Crippen LogP contribution in [-0.2, 0) is 4.79 Å². The van der Waals surface area contributed by atoms with E-state index in [0.717, 1.165) is 15.0 Å². The molecule has 0 spiro atoms. The molecule has 0 bridgehead atoms. The molecule has 10 heteroatoms. The molecule has 3 aromatic rings. The second kappa shape index (κ2) is 9.57. The molecule has 0 fully saturated rings. The monoisotopic (exact) mass is 563 g/mol. The third kappa shape index (κ3) is 5.26. The van der Waals surface area contributed by atoms with Crippen molar-refractivity contribution in [2.45, 2.75) is 10.7 Å². The Labute approximate surface area is 190 Å². The Kier molecular flexibility index (Phi) is 7.36. The van der Waals surface area contributed by atoms with Gasteiger partial charge in [0.1, 0.15) is 0 Å². The van der Waals surface area contributed by atoms with Crippen LogP contribution >= 0.6 is 50.9 Å². The van der Waals surface area contributed by atoms with E-state index in [-0.39, 0.29) is 32.2 Å². The maximum absolute atomic E-state index is 12.3. The number of ketones is 1. The number of hydrogen-bond donors (Lipinski definition) is 1. The molecule has 0 unspecified atom stereocenters. The number of rotatable bonds is 6. The standard InChI is InChI=1S/C18H12BrCl2N3O2SSe/c1-9(25)10-3-5-15(12(19)6-10)22-16(26)8-27-18-17(23-24-28-18)11-2-4-13(20)14(21)7-11/h2-7H,8H2,1H3,(H,22,26). The van der Waals surface area contributed by atoms with Crippen LogP contribution in [0.2, 0.25) is 10.0 Å². The Hall–Kier alpha value is -1.15. The number of halogens is 3. The quantitative estimate of drug-likeness (QED) is 0.253. The van der Waals surface area contributed by atoms with Crippen LogP contribution in [0.5, 0.6) is 0 Å². The van der Waals surface area contributed by atoms with Gasteiger partial charge in [-0.1, -0.05) is 0 Å². The Bertz CT molecular complexity index is 1060. The van der Waals surface area contributed by atoms with Gasteiger partial charge in [0.05, 0.1) is 0 Å². The van der Waals surface area contributed by atoms with Crippen molar-refractivity contribution >= 4 is 83.0 Å². The molecule has 5 nitrogen and oxygen atoms in total. The zero-order valence-corrected chi connectivity index (χ0v) is 20.0. The second-order valence-electron chi connectivity index (χ2n) is 5.63. The van der Waals surface area contributed by atoms with Gasteiger partial charge in [0.15, 0.2) is 0 Å². The number of anilines is 1. The molecular formula is C18H12BrCl2N3O2SSe.